The van der Waals surface area contributed by atoms with Crippen molar-refractivity contribution in [3.8, 4) is 0 Å². The second kappa shape index (κ2) is 4.41. The number of hydrogen-bond acceptors (Lipinski definition) is 3. The summed E-state index contributed by atoms with van der Waals surface area (Å²) in [4.78, 5) is 0. The van der Waals surface area contributed by atoms with Gasteiger partial charge in [0.05, 0.1) is 18.3 Å². The van der Waals surface area contributed by atoms with E-state index in [4.69, 9.17) is 5.73 Å². The fraction of sp³-hybridized carbons (Fsp3) is 0.182. The first-order valence-electron chi connectivity index (χ1n) is 4.92. The summed E-state index contributed by atoms with van der Waals surface area (Å²) in [6, 6.07) is 6.42. The zero-order chi connectivity index (χ0) is 10.3. The Bertz CT molecular complexity index is 614. The lowest BCUT2D eigenvalue weighted by Gasteiger charge is -2.01. The monoisotopic (exact) mass is 253 g/mol. The molecule has 16 heavy (non-hydrogen) atoms. The molecule has 0 saturated heterocycles. The van der Waals surface area contributed by atoms with Gasteiger partial charge in [0.1, 0.15) is 0 Å². The number of thiophene rings is 1. The maximum Gasteiger partial charge on any atom is 0.0769 e. The molecule has 0 atom stereocenters. The van der Waals surface area contributed by atoms with Crippen molar-refractivity contribution in [1.29, 1.82) is 0 Å². The van der Waals surface area contributed by atoms with Crippen LogP contribution < -0.4 is 5.73 Å². The van der Waals surface area contributed by atoms with Crippen molar-refractivity contribution in [2.45, 2.75) is 6.54 Å². The predicted molar refractivity (Wildman–Crippen MR) is 71.4 cm³/mol. The average Bonchev–Trinajstić information content (AvgIpc) is 2.83. The van der Waals surface area contributed by atoms with Crippen molar-refractivity contribution in [3.63, 3.8) is 0 Å². The topological polar surface area (TPSA) is 43.8 Å². The molecule has 0 radical (unpaired) electrons. The molecule has 0 saturated carbocycles. The van der Waals surface area contributed by atoms with Crippen LogP contribution in [0.5, 0.6) is 0 Å². The van der Waals surface area contributed by atoms with Crippen LogP contribution >= 0.6 is 23.7 Å². The number of aromatic nitrogens is 2. The molecule has 0 fully saturated rings. The molecule has 0 aliphatic carbocycles. The lowest BCUT2D eigenvalue weighted by molar-refractivity contribution is 0.647. The van der Waals surface area contributed by atoms with Crippen molar-refractivity contribution >= 4 is 44.7 Å². The molecule has 0 aliphatic rings. The standard InChI is InChI=1S/C11H11N3S.ClH/c12-4-5-14-11-8(7-13-14)1-2-10-9(11)3-6-15-10;/h1-3,6-7H,4-5,12H2;1H. The van der Waals surface area contributed by atoms with E-state index >= 15 is 0 Å². The smallest absolute Gasteiger partial charge is 0.0769 e. The highest BCUT2D eigenvalue weighted by molar-refractivity contribution is 7.17. The molecule has 0 aliphatic heterocycles. The van der Waals surface area contributed by atoms with E-state index < -0.39 is 0 Å². The van der Waals surface area contributed by atoms with Crippen LogP contribution in [0.25, 0.3) is 21.0 Å². The van der Waals surface area contributed by atoms with E-state index in [2.05, 4.69) is 28.7 Å². The second-order valence-corrected chi connectivity index (χ2v) is 4.44. The first-order chi connectivity index (χ1) is 7.40. The molecular weight excluding hydrogens is 242 g/mol. The van der Waals surface area contributed by atoms with Gasteiger partial charge < -0.3 is 5.73 Å². The third-order valence-electron chi connectivity index (χ3n) is 2.57. The van der Waals surface area contributed by atoms with Gasteiger partial charge in [-0.05, 0) is 23.6 Å². The molecule has 3 aromatic rings. The molecule has 2 heterocycles. The summed E-state index contributed by atoms with van der Waals surface area (Å²) >= 11 is 1.76. The Balaban J connectivity index is 0.000000963. The number of halogens is 1. The molecule has 3 rings (SSSR count). The van der Waals surface area contributed by atoms with Gasteiger partial charge in [-0.2, -0.15) is 5.10 Å². The third kappa shape index (κ3) is 1.59. The highest BCUT2D eigenvalue weighted by Crippen LogP contribution is 2.28. The molecule has 0 bridgehead atoms. The van der Waals surface area contributed by atoms with E-state index in [1.54, 1.807) is 11.3 Å². The van der Waals surface area contributed by atoms with Crippen LogP contribution in [0, 0.1) is 0 Å². The molecule has 2 N–H and O–H groups in total. The summed E-state index contributed by atoms with van der Waals surface area (Å²) in [6.07, 6.45) is 1.90. The van der Waals surface area contributed by atoms with Crippen LogP contribution in [0.2, 0.25) is 0 Å². The lowest BCUT2D eigenvalue weighted by Crippen LogP contribution is -2.10. The van der Waals surface area contributed by atoms with Crippen LogP contribution in [-0.2, 0) is 6.54 Å². The maximum atomic E-state index is 5.57. The third-order valence-corrected chi connectivity index (χ3v) is 3.46. The number of hydrogen-bond donors (Lipinski definition) is 1. The van der Waals surface area contributed by atoms with Gasteiger partial charge in [-0.25, -0.2) is 0 Å². The number of rotatable bonds is 2. The fourth-order valence-electron chi connectivity index (χ4n) is 1.92. The summed E-state index contributed by atoms with van der Waals surface area (Å²) in [6.45, 7) is 1.40. The summed E-state index contributed by atoms with van der Waals surface area (Å²) in [5.41, 5.74) is 6.78. The maximum absolute atomic E-state index is 5.57. The molecule has 0 spiro atoms. The Kier molecular flexibility index (Phi) is 3.14. The zero-order valence-corrected chi connectivity index (χ0v) is 10.2. The molecule has 1 aromatic carbocycles. The highest BCUT2D eigenvalue weighted by Gasteiger charge is 2.06. The molecule has 2 aromatic heterocycles. The minimum atomic E-state index is 0. The first-order valence-corrected chi connectivity index (χ1v) is 5.80. The number of benzene rings is 1. The molecule has 84 valence electrons. The van der Waals surface area contributed by atoms with Crippen LogP contribution in [0.3, 0.4) is 0 Å². The van der Waals surface area contributed by atoms with Crippen molar-refractivity contribution in [3.05, 3.63) is 29.8 Å². The van der Waals surface area contributed by atoms with E-state index in [0.29, 0.717) is 6.54 Å². The zero-order valence-electron chi connectivity index (χ0n) is 8.59. The van der Waals surface area contributed by atoms with Gasteiger partial charge in [-0.15, -0.1) is 23.7 Å². The number of nitrogens with two attached hydrogens (primary N) is 1. The summed E-state index contributed by atoms with van der Waals surface area (Å²) in [5, 5.41) is 8.94. The fourth-order valence-corrected chi connectivity index (χ4v) is 2.71. The Morgan fingerprint density at radius 1 is 1.31 bits per heavy atom. The summed E-state index contributed by atoms with van der Waals surface area (Å²) in [7, 11) is 0. The van der Waals surface area contributed by atoms with E-state index in [0.717, 1.165) is 6.54 Å². The second-order valence-electron chi connectivity index (χ2n) is 3.49. The number of nitrogens with zero attached hydrogens (tertiary/aromatic N) is 2. The molecular formula is C11H12ClN3S. The first kappa shape index (κ1) is 11.4. The van der Waals surface area contributed by atoms with Gasteiger partial charge >= 0.3 is 0 Å². The van der Waals surface area contributed by atoms with Crippen molar-refractivity contribution < 1.29 is 0 Å². The largest absolute Gasteiger partial charge is 0.329 e. The van der Waals surface area contributed by atoms with Crippen LogP contribution in [0.1, 0.15) is 0 Å². The van der Waals surface area contributed by atoms with E-state index in [9.17, 15) is 0 Å². The minimum absolute atomic E-state index is 0. The van der Waals surface area contributed by atoms with Gasteiger partial charge in [0.2, 0.25) is 0 Å². The molecule has 0 amide bonds. The minimum Gasteiger partial charge on any atom is -0.329 e. The van der Waals surface area contributed by atoms with Crippen LogP contribution in [0.4, 0.5) is 0 Å². The van der Waals surface area contributed by atoms with Gasteiger partial charge in [0.25, 0.3) is 0 Å². The quantitative estimate of drug-likeness (QED) is 0.763. The Morgan fingerprint density at radius 3 is 3.00 bits per heavy atom. The van der Waals surface area contributed by atoms with E-state index in [1.807, 2.05) is 10.9 Å². The Labute approximate surface area is 103 Å². The van der Waals surface area contributed by atoms with Gasteiger partial charge in [0.15, 0.2) is 0 Å². The Morgan fingerprint density at radius 2 is 2.19 bits per heavy atom. The highest BCUT2D eigenvalue weighted by atomic mass is 35.5. The predicted octanol–water partition coefficient (Wildman–Crippen LogP) is 2.63. The van der Waals surface area contributed by atoms with E-state index in [1.165, 1.54) is 21.0 Å². The van der Waals surface area contributed by atoms with Gasteiger partial charge in [-0.1, -0.05) is 0 Å². The van der Waals surface area contributed by atoms with Gasteiger partial charge in [0, 0.05) is 22.0 Å². The van der Waals surface area contributed by atoms with Crippen LogP contribution in [0.15, 0.2) is 29.8 Å². The van der Waals surface area contributed by atoms with Crippen molar-refractivity contribution in [2.75, 3.05) is 6.54 Å². The average molecular weight is 254 g/mol. The summed E-state index contributed by atoms with van der Waals surface area (Å²) in [5.74, 6) is 0. The van der Waals surface area contributed by atoms with Crippen LogP contribution in [-0.4, -0.2) is 16.3 Å². The van der Waals surface area contributed by atoms with Gasteiger partial charge in [-0.3, -0.25) is 4.68 Å². The lowest BCUT2D eigenvalue weighted by atomic mass is 10.2. The SMILES string of the molecule is Cl.NCCn1ncc2ccc3sccc3c21. The molecule has 3 nitrogen and oxygen atoms in total. The Hall–Kier alpha value is -1.10. The molecule has 0 unspecified atom stereocenters. The summed E-state index contributed by atoms with van der Waals surface area (Å²) < 4.78 is 3.30. The van der Waals surface area contributed by atoms with Crippen molar-refractivity contribution in [1.82, 2.24) is 9.78 Å². The normalized spacial score (nSPS) is 10.8. The van der Waals surface area contributed by atoms with E-state index in [-0.39, 0.29) is 12.4 Å². The number of fused-ring (bicyclic) bond motifs is 3. The molecule has 5 heteroatoms. The van der Waals surface area contributed by atoms with Crippen molar-refractivity contribution in [2.24, 2.45) is 5.73 Å².